The number of rotatable bonds is 9. The van der Waals surface area contributed by atoms with Gasteiger partial charge in [-0.25, -0.2) is 0 Å². The molecule has 2 aliphatic carbocycles. The summed E-state index contributed by atoms with van der Waals surface area (Å²) in [7, 11) is 0. The van der Waals surface area contributed by atoms with Crippen LogP contribution < -0.4 is 9.80 Å². The molecule has 3 heteroatoms. The average molecular weight is 1060 g/mol. The monoisotopic (exact) mass is 1060 g/mol. The van der Waals surface area contributed by atoms with Gasteiger partial charge in [0.1, 0.15) is 11.2 Å². The first-order valence-corrected chi connectivity index (χ1v) is 28.7. The highest BCUT2D eigenvalue weighted by atomic mass is 16.3. The largest absolute Gasteiger partial charge is 0.456 e. The standard InChI is InChI=1S/C80H52N2O/c1-6-23-54(24-7-1)62-49-50-66-65-47-43-55(51-70(65)80(58-29-12-4-13-30-58)69-36-19-20-37-72(69)82(78(62)77(66)80)59-31-14-5-15-32-59)53-41-44-60(45-42-53)81(73-38-22-40-75-76(73)67-34-17-21-39-74(67)83-75)61-46-48-64-63-33-16-18-35-68(63)79(71(64)52-61,56-25-8-2-9-26-56)57-27-10-3-11-28-57/h1-52H. The van der Waals surface area contributed by atoms with Crippen molar-refractivity contribution >= 4 is 56.1 Å². The highest BCUT2D eigenvalue weighted by Crippen LogP contribution is 2.67. The van der Waals surface area contributed by atoms with Crippen LogP contribution in [0.3, 0.4) is 0 Å². The number of furan rings is 1. The SMILES string of the molecule is c1ccc(-c2ccc3c4c2N(c2ccccc2)c2ccccc2C4(c2ccccc2)c2cc(-c4ccc(N(c5ccc6c(c5)C(c5ccccc5)(c5ccccc5)c5ccccc5-6)c5cccc6oc7ccccc7c56)cc4)ccc2-3)cc1. The number of hydrogen-bond donors (Lipinski definition) is 0. The summed E-state index contributed by atoms with van der Waals surface area (Å²) in [6, 6.07) is 117. The second-order valence-electron chi connectivity index (χ2n) is 22.2. The van der Waals surface area contributed by atoms with Crippen molar-refractivity contribution in [2.45, 2.75) is 10.8 Å². The summed E-state index contributed by atoms with van der Waals surface area (Å²) in [5.41, 5.74) is 27.0. The van der Waals surface area contributed by atoms with Crippen LogP contribution in [0.1, 0.15) is 44.5 Å². The Morgan fingerprint density at radius 1 is 0.313 bits per heavy atom. The van der Waals surface area contributed by atoms with Gasteiger partial charge in [0.25, 0.3) is 0 Å². The molecule has 14 aromatic rings. The van der Waals surface area contributed by atoms with E-state index in [1.165, 1.54) is 89.3 Å². The van der Waals surface area contributed by atoms with Crippen molar-refractivity contribution < 1.29 is 4.42 Å². The summed E-state index contributed by atoms with van der Waals surface area (Å²) in [5, 5.41) is 2.16. The van der Waals surface area contributed by atoms with Crippen LogP contribution >= 0.6 is 0 Å². The van der Waals surface area contributed by atoms with Crippen LogP contribution in [0, 0.1) is 0 Å². The highest BCUT2D eigenvalue weighted by Gasteiger charge is 2.53. The Labute approximate surface area is 482 Å². The third-order valence-electron chi connectivity index (χ3n) is 18.1. The Hall–Kier alpha value is -10.7. The minimum atomic E-state index is -0.630. The molecule has 0 fully saturated rings. The van der Waals surface area contributed by atoms with Gasteiger partial charge in [0.05, 0.1) is 33.3 Å². The maximum Gasteiger partial charge on any atom is 0.137 e. The van der Waals surface area contributed by atoms with Crippen molar-refractivity contribution in [3.8, 4) is 44.5 Å². The van der Waals surface area contributed by atoms with E-state index in [0.717, 1.165) is 55.8 Å². The zero-order valence-electron chi connectivity index (χ0n) is 45.3. The average Bonchev–Trinajstić information content (AvgIpc) is 3.89. The summed E-state index contributed by atoms with van der Waals surface area (Å²) >= 11 is 0. The molecule has 3 aliphatic rings. The van der Waals surface area contributed by atoms with Gasteiger partial charge >= 0.3 is 0 Å². The Balaban J connectivity index is 0.869. The summed E-state index contributed by atoms with van der Waals surface area (Å²) < 4.78 is 6.64. The van der Waals surface area contributed by atoms with Gasteiger partial charge in [-0.15, -0.1) is 0 Å². The maximum absolute atomic E-state index is 6.64. The summed E-state index contributed by atoms with van der Waals surface area (Å²) in [6.45, 7) is 0. The van der Waals surface area contributed by atoms with Gasteiger partial charge in [0, 0.05) is 33.6 Å². The molecule has 1 unspecified atom stereocenters. The van der Waals surface area contributed by atoms with E-state index in [-0.39, 0.29) is 0 Å². The number of anilines is 6. The van der Waals surface area contributed by atoms with Crippen molar-refractivity contribution in [2.75, 3.05) is 9.80 Å². The molecule has 1 atom stereocenters. The number of hydrogen-bond acceptors (Lipinski definition) is 3. The molecule has 388 valence electrons. The Bertz CT molecular complexity index is 4800. The van der Waals surface area contributed by atoms with Crippen LogP contribution in [0.2, 0.25) is 0 Å². The molecule has 2 heterocycles. The van der Waals surface area contributed by atoms with E-state index in [9.17, 15) is 0 Å². The summed E-state index contributed by atoms with van der Waals surface area (Å²) in [6.07, 6.45) is 0. The van der Waals surface area contributed by atoms with Crippen LogP contribution in [-0.2, 0) is 10.8 Å². The highest BCUT2D eigenvalue weighted by molar-refractivity contribution is 6.13. The fraction of sp³-hybridized carbons (Fsp3) is 0.0250. The zero-order chi connectivity index (χ0) is 54.6. The summed E-state index contributed by atoms with van der Waals surface area (Å²) in [5.74, 6) is 0. The molecule has 0 amide bonds. The first-order valence-electron chi connectivity index (χ1n) is 28.7. The topological polar surface area (TPSA) is 19.6 Å². The second-order valence-corrected chi connectivity index (χ2v) is 22.2. The van der Waals surface area contributed by atoms with E-state index in [1.54, 1.807) is 0 Å². The Morgan fingerprint density at radius 2 is 0.831 bits per heavy atom. The number of nitrogens with zero attached hydrogens (tertiary/aromatic N) is 2. The maximum atomic E-state index is 6.64. The van der Waals surface area contributed by atoms with Crippen molar-refractivity contribution in [3.63, 3.8) is 0 Å². The normalized spacial score (nSPS) is 14.9. The molecule has 0 spiro atoms. The van der Waals surface area contributed by atoms with E-state index in [2.05, 4.69) is 325 Å². The van der Waals surface area contributed by atoms with Crippen molar-refractivity contribution in [2.24, 2.45) is 0 Å². The molecule has 0 saturated carbocycles. The predicted molar refractivity (Wildman–Crippen MR) is 342 cm³/mol. The van der Waals surface area contributed by atoms with E-state index in [0.29, 0.717) is 0 Å². The van der Waals surface area contributed by atoms with Gasteiger partial charge in [0.15, 0.2) is 0 Å². The fourth-order valence-electron chi connectivity index (χ4n) is 14.8. The first kappa shape index (κ1) is 47.1. The van der Waals surface area contributed by atoms with Crippen molar-refractivity contribution in [1.29, 1.82) is 0 Å². The van der Waals surface area contributed by atoms with E-state index < -0.39 is 10.8 Å². The number of para-hydroxylation sites is 3. The minimum absolute atomic E-state index is 0.568. The van der Waals surface area contributed by atoms with E-state index in [4.69, 9.17) is 4.42 Å². The van der Waals surface area contributed by atoms with Crippen LogP contribution in [0.25, 0.3) is 66.4 Å². The molecule has 3 nitrogen and oxygen atoms in total. The molecular formula is C80H52N2O. The lowest BCUT2D eigenvalue weighted by molar-refractivity contribution is 0.669. The molecule has 0 bridgehead atoms. The molecule has 83 heavy (non-hydrogen) atoms. The summed E-state index contributed by atoms with van der Waals surface area (Å²) in [4.78, 5) is 4.97. The zero-order valence-corrected chi connectivity index (χ0v) is 45.3. The van der Waals surface area contributed by atoms with Crippen LogP contribution in [0.4, 0.5) is 34.1 Å². The fourth-order valence-corrected chi connectivity index (χ4v) is 14.8. The smallest absolute Gasteiger partial charge is 0.137 e. The van der Waals surface area contributed by atoms with Gasteiger partial charge in [0.2, 0.25) is 0 Å². The lowest BCUT2D eigenvalue weighted by Gasteiger charge is -2.45. The van der Waals surface area contributed by atoms with Crippen LogP contribution in [-0.4, -0.2) is 0 Å². The quantitative estimate of drug-likeness (QED) is 0.144. The Kier molecular flexibility index (Phi) is 10.4. The lowest BCUT2D eigenvalue weighted by Crippen LogP contribution is -2.36. The number of fused-ring (bicyclic) bond motifs is 11. The molecular weight excluding hydrogens is 1000 g/mol. The Morgan fingerprint density at radius 3 is 1.57 bits per heavy atom. The van der Waals surface area contributed by atoms with Crippen molar-refractivity contribution in [3.05, 3.63) is 360 Å². The van der Waals surface area contributed by atoms with Gasteiger partial charge in [-0.3, -0.25) is 0 Å². The van der Waals surface area contributed by atoms with Gasteiger partial charge in [-0.05, 0) is 145 Å². The second kappa shape index (κ2) is 18.4. The van der Waals surface area contributed by atoms with Gasteiger partial charge < -0.3 is 14.2 Å². The van der Waals surface area contributed by atoms with Gasteiger partial charge in [-0.2, -0.15) is 0 Å². The molecule has 0 saturated heterocycles. The van der Waals surface area contributed by atoms with Gasteiger partial charge in [-0.1, -0.05) is 249 Å². The molecule has 1 aliphatic heterocycles. The van der Waals surface area contributed by atoms with Crippen LogP contribution in [0.15, 0.2) is 320 Å². The van der Waals surface area contributed by atoms with Crippen LogP contribution in [0.5, 0.6) is 0 Å². The third kappa shape index (κ3) is 6.74. The molecule has 13 aromatic carbocycles. The molecule has 0 N–H and O–H groups in total. The predicted octanol–water partition coefficient (Wildman–Crippen LogP) is 20.9. The van der Waals surface area contributed by atoms with E-state index in [1.807, 2.05) is 0 Å². The molecule has 17 rings (SSSR count). The van der Waals surface area contributed by atoms with Crippen molar-refractivity contribution in [1.82, 2.24) is 0 Å². The number of benzene rings is 13. The lowest BCUT2D eigenvalue weighted by atomic mass is 9.64. The molecule has 1 aromatic heterocycles. The first-order chi connectivity index (χ1) is 41.2. The minimum Gasteiger partial charge on any atom is -0.456 e. The third-order valence-corrected chi connectivity index (χ3v) is 18.1. The van der Waals surface area contributed by atoms with E-state index >= 15 is 0 Å². The molecule has 0 radical (unpaired) electrons.